The van der Waals surface area contributed by atoms with E-state index in [2.05, 4.69) is 9.88 Å². The summed E-state index contributed by atoms with van der Waals surface area (Å²) in [6, 6.07) is 0. The van der Waals surface area contributed by atoms with Crippen LogP contribution in [-0.4, -0.2) is 38.8 Å². The van der Waals surface area contributed by atoms with Crippen LogP contribution in [0.5, 0.6) is 0 Å². The Bertz CT molecular complexity index is 309. The van der Waals surface area contributed by atoms with Gasteiger partial charge in [-0.05, 0) is 6.92 Å². The molecule has 0 aromatic carbocycles. The molecule has 7 heteroatoms. The zero-order valence-electron chi connectivity index (χ0n) is 7.81. The molecule has 1 fully saturated rings. The van der Waals surface area contributed by atoms with E-state index in [9.17, 15) is 8.42 Å². The number of rotatable bonds is 2. The van der Waals surface area contributed by atoms with Gasteiger partial charge in [-0.15, -0.1) is 4.40 Å². The van der Waals surface area contributed by atoms with Gasteiger partial charge in [-0.2, -0.15) is 12.7 Å². The fourth-order valence-electron chi connectivity index (χ4n) is 0.801. The number of hydrogen-bond acceptors (Lipinski definition) is 3. The first-order valence-electron chi connectivity index (χ1n) is 3.85. The van der Waals surface area contributed by atoms with Gasteiger partial charge in [0.2, 0.25) is 0 Å². The summed E-state index contributed by atoms with van der Waals surface area (Å²) in [6.07, 6.45) is 0.462. The summed E-state index contributed by atoms with van der Waals surface area (Å²) in [5, 5.41) is 0. The Morgan fingerprint density at radius 1 is 1.62 bits per heavy atom. The highest BCUT2D eigenvalue weighted by Crippen LogP contribution is 2.07. The van der Waals surface area contributed by atoms with E-state index < -0.39 is 10.2 Å². The topological polar surface area (TPSA) is 71.0 Å². The van der Waals surface area contributed by atoms with Crippen molar-refractivity contribution in [3.8, 4) is 0 Å². The molecule has 1 aliphatic rings. The molecule has 1 rings (SSSR count). The second kappa shape index (κ2) is 3.60. The average molecular weight is 207 g/mol. The Labute approximate surface area is 77.7 Å². The Kier molecular flexibility index (Phi) is 2.89. The van der Waals surface area contributed by atoms with Crippen LogP contribution >= 0.6 is 0 Å². The smallest absolute Gasteiger partial charge is 0.271 e. The maximum Gasteiger partial charge on any atom is 0.323 e. The maximum absolute atomic E-state index is 11.2. The highest BCUT2D eigenvalue weighted by molar-refractivity contribution is 7.87. The maximum atomic E-state index is 11.2. The highest BCUT2D eigenvalue weighted by Gasteiger charge is 2.20. The van der Waals surface area contributed by atoms with E-state index in [-0.39, 0.29) is 6.10 Å². The molecule has 76 valence electrons. The second-order valence-electron chi connectivity index (χ2n) is 3.03. The van der Waals surface area contributed by atoms with Crippen LogP contribution in [0.2, 0.25) is 0 Å². The lowest BCUT2D eigenvalue weighted by Crippen LogP contribution is -2.23. The minimum Gasteiger partial charge on any atom is -0.271 e. The summed E-state index contributed by atoms with van der Waals surface area (Å²) in [7, 11) is -0.668. The Morgan fingerprint density at radius 3 is 2.62 bits per heavy atom. The van der Waals surface area contributed by atoms with Gasteiger partial charge in [-0.1, -0.05) is 0 Å². The van der Waals surface area contributed by atoms with E-state index >= 15 is 0 Å². The van der Waals surface area contributed by atoms with Crippen LogP contribution in [0.25, 0.3) is 0 Å². The van der Waals surface area contributed by atoms with Crippen molar-refractivity contribution < 1.29 is 13.3 Å². The third kappa shape index (κ3) is 2.64. The molecule has 1 saturated heterocycles. The summed E-state index contributed by atoms with van der Waals surface area (Å²) < 4.78 is 27.1. The molecule has 0 saturated carbocycles. The van der Waals surface area contributed by atoms with Crippen LogP contribution in [0, 0.1) is 0 Å². The molecule has 0 aromatic heterocycles. The molecule has 1 atom stereocenters. The molecule has 13 heavy (non-hydrogen) atoms. The summed E-state index contributed by atoms with van der Waals surface area (Å²) in [5.41, 5.74) is 2.46. The van der Waals surface area contributed by atoms with Crippen molar-refractivity contribution in [2.75, 3.05) is 14.1 Å². The fraction of sp³-hybridized carbons (Fsp3) is 0.833. The van der Waals surface area contributed by atoms with E-state index in [0.29, 0.717) is 12.3 Å². The summed E-state index contributed by atoms with van der Waals surface area (Å²) in [6.45, 7) is 1.83. The number of hydroxylamine groups is 1. The molecule has 0 aliphatic carbocycles. The molecule has 1 unspecified atom stereocenters. The first-order valence-corrected chi connectivity index (χ1v) is 5.24. The molecule has 0 amide bonds. The van der Waals surface area contributed by atoms with Crippen molar-refractivity contribution in [1.82, 2.24) is 9.79 Å². The highest BCUT2D eigenvalue weighted by atomic mass is 32.2. The van der Waals surface area contributed by atoms with Gasteiger partial charge in [0.15, 0.2) is 0 Å². The van der Waals surface area contributed by atoms with Gasteiger partial charge in [-0.25, -0.2) is 0 Å². The van der Waals surface area contributed by atoms with Crippen LogP contribution in [0.1, 0.15) is 13.3 Å². The lowest BCUT2D eigenvalue weighted by Gasteiger charge is -2.05. The van der Waals surface area contributed by atoms with Crippen LogP contribution in [0.4, 0.5) is 0 Å². The van der Waals surface area contributed by atoms with Crippen molar-refractivity contribution in [3.05, 3.63) is 0 Å². The second-order valence-corrected chi connectivity index (χ2v) is 4.84. The first kappa shape index (κ1) is 10.4. The third-order valence-corrected chi connectivity index (χ3v) is 2.92. The predicted molar refractivity (Wildman–Crippen MR) is 48.3 cm³/mol. The van der Waals surface area contributed by atoms with Crippen LogP contribution < -0.4 is 5.48 Å². The van der Waals surface area contributed by atoms with Gasteiger partial charge in [0.05, 0.1) is 6.10 Å². The largest absolute Gasteiger partial charge is 0.323 e. The number of nitrogens with zero attached hydrogens (tertiary/aromatic N) is 2. The van der Waals surface area contributed by atoms with E-state index in [4.69, 9.17) is 4.84 Å². The summed E-state index contributed by atoms with van der Waals surface area (Å²) in [5.74, 6) is 0.348. The SMILES string of the molecule is CC1C/C(=N/S(=O)(=O)N(C)C)NO1. The van der Waals surface area contributed by atoms with Crippen molar-refractivity contribution >= 4 is 16.0 Å². The number of amidine groups is 1. The molecule has 1 aliphatic heterocycles. The van der Waals surface area contributed by atoms with E-state index in [1.165, 1.54) is 14.1 Å². The zero-order chi connectivity index (χ0) is 10.1. The minimum absolute atomic E-state index is 0.0314. The first-order chi connectivity index (χ1) is 5.92. The Hall–Kier alpha value is -0.660. The lowest BCUT2D eigenvalue weighted by atomic mass is 10.3. The van der Waals surface area contributed by atoms with Crippen LogP contribution in [-0.2, 0) is 15.0 Å². The van der Waals surface area contributed by atoms with Crippen molar-refractivity contribution in [2.24, 2.45) is 4.40 Å². The molecule has 1 heterocycles. The van der Waals surface area contributed by atoms with Gasteiger partial charge in [-0.3, -0.25) is 10.3 Å². The normalized spacial score (nSPS) is 26.8. The quantitative estimate of drug-likeness (QED) is 0.663. The predicted octanol–water partition coefficient (Wildman–Crippen LogP) is -0.495. The van der Waals surface area contributed by atoms with E-state index in [1.54, 1.807) is 0 Å². The summed E-state index contributed by atoms with van der Waals surface area (Å²) >= 11 is 0. The number of hydrogen-bond donors (Lipinski definition) is 1. The lowest BCUT2D eigenvalue weighted by molar-refractivity contribution is 0.0575. The molecule has 1 N–H and O–H groups in total. The minimum atomic E-state index is -3.53. The standard InChI is InChI=1S/C6H13N3O3S/c1-5-4-6(7-12-5)8-13(10,11)9(2)3/h5H,4H2,1-3H3,(H,7,8). The molecule has 0 aromatic rings. The molecular formula is C6H13N3O3S. The zero-order valence-corrected chi connectivity index (χ0v) is 8.63. The van der Waals surface area contributed by atoms with Gasteiger partial charge < -0.3 is 0 Å². The van der Waals surface area contributed by atoms with Crippen molar-refractivity contribution in [2.45, 2.75) is 19.4 Å². The molecular weight excluding hydrogens is 194 g/mol. The van der Waals surface area contributed by atoms with Crippen molar-refractivity contribution in [3.63, 3.8) is 0 Å². The fourth-order valence-corrected chi connectivity index (χ4v) is 1.35. The van der Waals surface area contributed by atoms with Crippen LogP contribution in [0.15, 0.2) is 4.40 Å². The Morgan fingerprint density at radius 2 is 2.23 bits per heavy atom. The Balaban J connectivity index is 2.77. The van der Waals surface area contributed by atoms with Gasteiger partial charge in [0.1, 0.15) is 5.84 Å². The van der Waals surface area contributed by atoms with Gasteiger partial charge in [0.25, 0.3) is 0 Å². The molecule has 0 radical (unpaired) electrons. The van der Waals surface area contributed by atoms with Crippen molar-refractivity contribution in [1.29, 1.82) is 0 Å². The van der Waals surface area contributed by atoms with E-state index in [1.807, 2.05) is 6.92 Å². The van der Waals surface area contributed by atoms with Crippen LogP contribution in [0.3, 0.4) is 0 Å². The third-order valence-electron chi connectivity index (χ3n) is 1.55. The molecule has 6 nitrogen and oxygen atoms in total. The molecule has 0 bridgehead atoms. The van der Waals surface area contributed by atoms with E-state index in [0.717, 1.165) is 4.31 Å². The average Bonchev–Trinajstić information content (AvgIpc) is 2.34. The van der Waals surface area contributed by atoms with Gasteiger partial charge >= 0.3 is 10.2 Å². The molecule has 0 spiro atoms. The number of nitrogens with one attached hydrogen (secondary N) is 1. The monoisotopic (exact) mass is 207 g/mol. The summed E-state index contributed by atoms with van der Waals surface area (Å²) in [4.78, 5) is 4.93. The van der Waals surface area contributed by atoms with Gasteiger partial charge in [0, 0.05) is 20.5 Å².